The molecular formula is C14H18BrNO3. The van der Waals surface area contributed by atoms with Gasteiger partial charge in [0.2, 0.25) is 0 Å². The van der Waals surface area contributed by atoms with Gasteiger partial charge in [0.25, 0.3) is 0 Å². The van der Waals surface area contributed by atoms with E-state index in [4.69, 9.17) is 4.74 Å². The van der Waals surface area contributed by atoms with E-state index in [1.54, 1.807) is 0 Å². The van der Waals surface area contributed by atoms with E-state index in [2.05, 4.69) is 32.0 Å². The van der Waals surface area contributed by atoms with Gasteiger partial charge in [-0.2, -0.15) is 0 Å². The molecule has 1 aromatic carbocycles. The van der Waals surface area contributed by atoms with Gasteiger partial charge in [-0.15, -0.1) is 0 Å². The predicted molar refractivity (Wildman–Crippen MR) is 76.9 cm³/mol. The van der Waals surface area contributed by atoms with Crippen molar-refractivity contribution in [3.8, 4) is 5.75 Å². The number of fused-ring (bicyclic) bond motifs is 1. The maximum absolute atomic E-state index is 11.3. The lowest BCUT2D eigenvalue weighted by molar-refractivity contribution is -0.139. The highest BCUT2D eigenvalue weighted by Crippen LogP contribution is 2.32. The Kier molecular flexibility index (Phi) is 5.22. The lowest BCUT2D eigenvalue weighted by Crippen LogP contribution is -2.33. The molecule has 2 atom stereocenters. The molecule has 0 saturated heterocycles. The molecule has 0 saturated carbocycles. The van der Waals surface area contributed by atoms with Crippen molar-refractivity contribution in [2.75, 3.05) is 26.8 Å². The second-order valence-corrected chi connectivity index (χ2v) is 5.63. The standard InChI is InChI=1S/C14H18BrNO3/c1-18-14(17)12(15)9-16-8-10-6-7-19-13-5-3-2-4-11(10)13/h2-5,10,12,16H,6-9H2,1H3. The molecule has 1 aliphatic rings. The van der Waals surface area contributed by atoms with Crippen molar-refractivity contribution in [2.24, 2.45) is 0 Å². The van der Waals surface area contributed by atoms with Crippen molar-refractivity contribution in [1.29, 1.82) is 0 Å². The van der Waals surface area contributed by atoms with Crippen molar-refractivity contribution in [3.05, 3.63) is 29.8 Å². The topological polar surface area (TPSA) is 47.6 Å². The van der Waals surface area contributed by atoms with Gasteiger partial charge in [-0.05, 0) is 18.1 Å². The molecule has 0 amide bonds. The third-order valence-corrected chi connectivity index (χ3v) is 3.95. The Hall–Kier alpha value is -1.07. The van der Waals surface area contributed by atoms with Crippen LogP contribution in [0.5, 0.6) is 5.75 Å². The third-order valence-electron chi connectivity index (χ3n) is 3.25. The van der Waals surface area contributed by atoms with Crippen LogP contribution >= 0.6 is 15.9 Å². The minimum atomic E-state index is -0.299. The van der Waals surface area contributed by atoms with Gasteiger partial charge >= 0.3 is 5.97 Å². The normalized spacial score (nSPS) is 19.2. The number of ether oxygens (including phenoxy) is 2. The lowest BCUT2D eigenvalue weighted by Gasteiger charge is -2.26. The SMILES string of the molecule is COC(=O)C(Br)CNCC1CCOc2ccccc21. The van der Waals surface area contributed by atoms with Crippen molar-refractivity contribution in [3.63, 3.8) is 0 Å². The van der Waals surface area contributed by atoms with Crippen LogP contribution < -0.4 is 10.1 Å². The lowest BCUT2D eigenvalue weighted by atomic mass is 9.93. The van der Waals surface area contributed by atoms with Crippen molar-refractivity contribution < 1.29 is 14.3 Å². The van der Waals surface area contributed by atoms with E-state index in [1.165, 1.54) is 12.7 Å². The van der Waals surface area contributed by atoms with Crippen LogP contribution in [0.3, 0.4) is 0 Å². The number of rotatable bonds is 5. The molecule has 4 nitrogen and oxygen atoms in total. The quantitative estimate of drug-likeness (QED) is 0.664. The molecule has 2 rings (SSSR count). The van der Waals surface area contributed by atoms with Crippen LogP contribution in [-0.4, -0.2) is 37.6 Å². The first-order valence-electron chi connectivity index (χ1n) is 6.36. The number of carbonyl (C=O) groups is 1. The summed E-state index contributed by atoms with van der Waals surface area (Å²) in [6.07, 6.45) is 0.995. The summed E-state index contributed by atoms with van der Waals surface area (Å²) >= 11 is 3.30. The smallest absolute Gasteiger partial charge is 0.320 e. The summed E-state index contributed by atoms with van der Waals surface area (Å²) in [4.78, 5) is 11.0. The molecule has 1 heterocycles. The van der Waals surface area contributed by atoms with Gasteiger partial charge in [-0.3, -0.25) is 4.79 Å². The van der Waals surface area contributed by atoms with Gasteiger partial charge in [0.1, 0.15) is 10.6 Å². The third kappa shape index (κ3) is 3.70. The van der Waals surface area contributed by atoms with Gasteiger partial charge in [-0.1, -0.05) is 34.1 Å². The molecule has 0 bridgehead atoms. The number of carbonyl (C=O) groups excluding carboxylic acids is 1. The Morgan fingerprint density at radius 3 is 3.16 bits per heavy atom. The number of methoxy groups -OCH3 is 1. The molecule has 0 aromatic heterocycles. The van der Waals surface area contributed by atoms with E-state index in [1.807, 2.05) is 18.2 Å². The highest BCUT2D eigenvalue weighted by molar-refractivity contribution is 9.10. The second-order valence-electron chi connectivity index (χ2n) is 4.52. The fraction of sp³-hybridized carbons (Fsp3) is 0.500. The molecule has 0 radical (unpaired) electrons. The minimum absolute atomic E-state index is 0.250. The Bertz CT molecular complexity index is 438. The number of para-hydroxylation sites is 1. The van der Waals surface area contributed by atoms with E-state index < -0.39 is 0 Å². The maximum Gasteiger partial charge on any atom is 0.320 e. The molecule has 0 aliphatic carbocycles. The average Bonchev–Trinajstić information content (AvgIpc) is 2.46. The molecule has 5 heteroatoms. The fourth-order valence-corrected chi connectivity index (χ4v) is 2.64. The van der Waals surface area contributed by atoms with Crippen LogP contribution in [0.2, 0.25) is 0 Å². The van der Waals surface area contributed by atoms with Gasteiger partial charge in [0.05, 0.1) is 13.7 Å². The van der Waals surface area contributed by atoms with Crippen molar-refractivity contribution >= 4 is 21.9 Å². The summed E-state index contributed by atoms with van der Waals surface area (Å²) in [5, 5.41) is 3.31. The molecule has 0 fully saturated rings. The average molecular weight is 328 g/mol. The number of nitrogens with one attached hydrogen (secondary N) is 1. The van der Waals surface area contributed by atoms with Gasteiger partial charge < -0.3 is 14.8 Å². The number of alkyl halides is 1. The number of esters is 1. The second kappa shape index (κ2) is 6.91. The zero-order chi connectivity index (χ0) is 13.7. The van der Waals surface area contributed by atoms with E-state index in [0.29, 0.717) is 12.5 Å². The molecular weight excluding hydrogens is 310 g/mol. The Morgan fingerprint density at radius 2 is 2.37 bits per heavy atom. The number of halogens is 1. The molecule has 19 heavy (non-hydrogen) atoms. The molecule has 104 valence electrons. The van der Waals surface area contributed by atoms with Crippen LogP contribution in [0.1, 0.15) is 17.9 Å². The monoisotopic (exact) mass is 327 g/mol. The van der Waals surface area contributed by atoms with E-state index in [0.717, 1.165) is 25.3 Å². The first-order valence-corrected chi connectivity index (χ1v) is 7.28. The largest absolute Gasteiger partial charge is 0.493 e. The van der Waals surface area contributed by atoms with E-state index in [9.17, 15) is 4.79 Å². The van der Waals surface area contributed by atoms with Gasteiger partial charge in [0.15, 0.2) is 0 Å². The van der Waals surface area contributed by atoms with Crippen LogP contribution in [0, 0.1) is 0 Å². The summed E-state index contributed by atoms with van der Waals surface area (Å²) in [7, 11) is 1.39. The Morgan fingerprint density at radius 1 is 1.58 bits per heavy atom. The summed E-state index contributed by atoms with van der Waals surface area (Å²) in [5.74, 6) is 1.16. The van der Waals surface area contributed by atoms with E-state index in [-0.39, 0.29) is 10.8 Å². The van der Waals surface area contributed by atoms with Crippen LogP contribution in [0.25, 0.3) is 0 Å². The maximum atomic E-state index is 11.3. The zero-order valence-corrected chi connectivity index (χ0v) is 12.5. The minimum Gasteiger partial charge on any atom is -0.493 e. The summed E-state index contributed by atoms with van der Waals surface area (Å²) < 4.78 is 10.3. The van der Waals surface area contributed by atoms with Gasteiger partial charge in [0, 0.05) is 19.0 Å². The summed E-state index contributed by atoms with van der Waals surface area (Å²) in [6, 6.07) is 8.12. The molecule has 1 N–H and O–H groups in total. The Balaban J connectivity index is 1.86. The van der Waals surface area contributed by atoms with Gasteiger partial charge in [-0.25, -0.2) is 0 Å². The highest BCUT2D eigenvalue weighted by Gasteiger charge is 2.21. The molecule has 1 aliphatic heterocycles. The van der Waals surface area contributed by atoms with Crippen molar-refractivity contribution in [2.45, 2.75) is 17.2 Å². The zero-order valence-electron chi connectivity index (χ0n) is 10.9. The van der Waals surface area contributed by atoms with Crippen molar-refractivity contribution in [1.82, 2.24) is 5.32 Å². The number of hydrogen-bond acceptors (Lipinski definition) is 4. The summed E-state index contributed by atoms with van der Waals surface area (Å²) in [5.41, 5.74) is 1.24. The summed E-state index contributed by atoms with van der Waals surface area (Å²) in [6.45, 7) is 2.14. The Labute approximate surface area is 121 Å². The molecule has 0 spiro atoms. The van der Waals surface area contributed by atoms with E-state index >= 15 is 0 Å². The highest BCUT2D eigenvalue weighted by atomic mass is 79.9. The van der Waals surface area contributed by atoms with Crippen LogP contribution in [0.4, 0.5) is 0 Å². The number of benzene rings is 1. The first-order chi connectivity index (χ1) is 9.22. The molecule has 2 unspecified atom stereocenters. The predicted octanol–water partition coefficient (Wildman–Crippen LogP) is 2.08. The molecule has 1 aromatic rings. The fourth-order valence-electron chi connectivity index (χ4n) is 2.22. The van der Waals surface area contributed by atoms with Crippen LogP contribution in [0.15, 0.2) is 24.3 Å². The number of hydrogen-bond donors (Lipinski definition) is 1. The van der Waals surface area contributed by atoms with Crippen LogP contribution in [-0.2, 0) is 9.53 Å². The first kappa shape index (κ1) is 14.3.